The van der Waals surface area contributed by atoms with Gasteiger partial charge in [-0.05, 0) is 37.4 Å². The molecule has 0 atom stereocenters. The number of pyridine rings is 1. The number of likely N-dealkylation sites (N-methyl/N-ethyl adjacent to an activating group) is 1. The molecule has 140 valence electrons. The minimum Gasteiger partial charge on any atom is -0.503 e. The molecule has 0 amide bonds. The normalized spacial score (nSPS) is 16.7. The summed E-state index contributed by atoms with van der Waals surface area (Å²) in [5, 5.41) is 10.6. The molecule has 2 aromatic rings. The molecule has 26 heavy (non-hydrogen) atoms. The lowest BCUT2D eigenvalue weighted by Crippen LogP contribution is -2.44. The van der Waals surface area contributed by atoms with E-state index in [1.165, 1.54) is 36.5 Å². The number of rotatable bonds is 4. The number of hydrogen-bond donors (Lipinski definition) is 1. The third-order valence-corrected chi connectivity index (χ3v) is 6.40. The second kappa shape index (κ2) is 7.40. The highest BCUT2D eigenvalue weighted by Crippen LogP contribution is 2.19. The largest absolute Gasteiger partial charge is 0.503 e. The number of halogens is 1. The Kier molecular flexibility index (Phi) is 5.38. The van der Waals surface area contributed by atoms with E-state index in [1.807, 2.05) is 7.05 Å². The zero-order valence-electron chi connectivity index (χ0n) is 14.3. The molecule has 0 aliphatic carbocycles. The van der Waals surface area contributed by atoms with Crippen molar-refractivity contribution in [2.45, 2.75) is 11.4 Å². The fourth-order valence-corrected chi connectivity index (χ4v) is 4.19. The van der Waals surface area contributed by atoms with Crippen LogP contribution in [0.4, 0.5) is 0 Å². The van der Waals surface area contributed by atoms with Gasteiger partial charge in [-0.2, -0.15) is 0 Å². The van der Waals surface area contributed by atoms with E-state index in [4.69, 9.17) is 11.6 Å². The zero-order chi connectivity index (χ0) is 18.9. The maximum atomic E-state index is 12.6. The van der Waals surface area contributed by atoms with E-state index < -0.39 is 21.3 Å². The summed E-state index contributed by atoms with van der Waals surface area (Å²) in [4.78, 5) is 16.7. The van der Waals surface area contributed by atoms with Crippen LogP contribution in [0.5, 0.6) is 5.75 Å². The molecule has 9 heteroatoms. The smallest absolute Gasteiger partial charge is 0.306 e. The van der Waals surface area contributed by atoms with Crippen molar-refractivity contribution in [2.75, 3.05) is 33.2 Å². The summed E-state index contributed by atoms with van der Waals surface area (Å²) < 4.78 is 25.9. The van der Waals surface area contributed by atoms with Gasteiger partial charge in [-0.1, -0.05) is 11.6 Å². The van der Waals surface area contributed by atoms with E-state index in [-0.39, 0.29) is 4.90 Å². The van der Waals surface area contributed by atoms with Gasteiger partial charge in [0.15, 0.2) is 5.75 Å². The Labute approximate surface area is 157 Å². The van der Waals surface area contributed by atoms with Crippen LogP contribution >= 0.6 is 11.6 Å². The zero-order valence-corrected chi connectivity index (χ0v) is 15.9. The number of aromatic hydroxyl groups is 1. The van der Waals surface area contributed by atoms with E-state index in [0.717, 1.165) is 26.2 Å². The lowest BCUT2D eigenvalue weighted by Gasteiger charge is -2.32. The van der Waals surface area contributed by atoms with Crippen LogP contribution < -0.4 is 5.56 Å². The summed E-state index contributed by atoms with van der Waals surface area (Å²) in [7, 11) is -2.06. The highest BCUT2D eigenvalue weighted by Gasteiger charge is 2.22. The molecule has 1 aromatic heterocycles. The molecule has 1 aliphatic heterocycles. The molecule has 1 saturated heterocycles. The Morgan fingerprint density at radius 1 is 1.08 bits per heavy atom. The first-order valence-electron chi connectivity index (χ1n) is 8.14. The van der Waals surface area contributed by atoms with Crippen molar-refractivity contribution in [3.8, 4) is 5.75 Å². The Bertz CT molecular complexity index is 949. The Morgan fingerprint density at radius 2 is 1.69 bits per heavy atom. The Hall–Kier alpha value is -1.87. The van der Waals surface area contributed by atoms with Gasteiger partial charge in [0.2, 0.25) is 0 Å². The second-order valence-electron chi connectivity index (χ2n) is 6.33. The predicted molar refractivity (Wildman–Crippen MR) is 99.2 cm³/mol. The minimum absolute atomic E-state index is 0.0739. The molecule has 1 aromatic carbocycles. The summed E-state index contributed by atoms with van der Waals surface area (Å²) in [5.74, 6) is -0.538. The molecule has 0 unspecified atom stereocenters. The monoisotopic (exact) mass is 397 g/mol. The Morgan fingerprint density at radius 3 is 2.31 bits per heavy atom. The standard InChI is InChI=1S/C17H20ClN3O4S/c1-19-8-10-20(11-9-19)12-13-6-7-21(17(23)16(13)22)26(24,25)15-4-2-14(18)3-5-15/h2-7,22H,8-12H2,1H3. The average molecular weight is 398 g/mol. The first kappa shape index (κ1) is 18.9. The first-order valence-corrected chi connectivity index (χ1v) is 9.96. The maximum Gasteiger partial charge on any atom is 0.306 e. The lowest BCUT2D eigenvalue weighted by atomic mass is 10.2. The van der Waals surface area contributed by atoms with Crippen LogP contribution in [-0.4, -0.2) is 60.5 Å². The van der Waals surface area contributed by atoms with E-state index >= 15 is 0 Å². The van der Waals surface area contributed by atoms with Gasteiger partial charge in [-0.25, -0.2) is 12.4 Å². The number of benzene rings is 1. The van der Waals surface area contributed by atoms with Gasteiger partial charge in [0.1, 0.15) is 0 Å². The van der Waals surface area contributed by atoms with Crippen molar-refractivity contribution in [3.63, 3.8) is 0 Å². The quantitative estimate of drug-likeness (QED) is 0.834. The molecule has 1 N–H and O–H groups in total. The van der Waals surface area contributed by atoms with Gasteiger partial charge in [0, 0.05) is 49.5 Å². The SMILES string of the molecule is CN1CCN(Cc2ccn(S(=O)(=O)c3ccc(Cl)cc3)c(=O)c2O)CC1. The van der Waals surface area contributed by atoms with E-state index in [9.17, 15) is 18.3 Å². The summed E-state index contributed by atoms with van der Waals surface area (Å²) in [6.07, 6.45) is 1.19. The van der Waals surface area contributed by atoms with Crippen molar-refractivity contribution in [2.24, 2.45) is 0 Å². The molecule has 0 radical (unpaired) electrons. The van der Waals surface area contributed by atoms with Crippen molar-refractivity contribution >= 4 is 21.6 Å². The molecule has 7 nitrogen and oxygen atoms in total. The van der Waals surface area contributed by atoms with Crippen LogP contribution in [0.25, 0.3) is 0 Å². The van der Waals surface area contributed by atoms with Crippen LogP contribution in [0.1, 0.15) is 5.56 Å². The first-order chi connectivity index (χ1) is 12.3. The van der Waals surface area contributed by atoms with Gasteiger partial charge in [-0.15, -0.1) is 0 Å². The number of hydrogen-bond acceptors (Lipinski definition) is 6. The fraction of sp³-hybridized carbons (Fsp3) is 0.353. The molecule has 1 aliphatic rings. The second-order valence-corrected chi connectivity index (χ2v) is 8.58. The van der Waals surface area contributed by atoms with Crippen LogP contribution in [0.15, 0.2) is 46.2 Å². The summed E-state index contributed by atoms with van der Waals surface area (Å²) in [6, 6.07) is 6.98. The van der Waals surface area contributed by atoms with Crippen molar-refractivity contribution < 1.29 is 13.5 Å². The van der Waals surface area contributed by atoms with Gasteiger partial charge < -0.3 is 10.0 Å². The molecule has 0 saturated carbocycles. The van der Waals surface area contributed by atoms with Gasteiger partial charge in [-0.3, -0.25) is 9.69 Å². The maximum absolute atomic E-state index is 12.6. The van der Waals surface area contributed by atoms with Crippen LogP contribution in [0.2, 0.25) is 5.02 Å². The van der Waals surface area contributed by atoms with Gasteiger partial charge in [0.25, 0.3) is 10.0 Å². The average Bonchev–Trinajstić information content (AvgIpc) is 2.61. The third kappa shape index (κ3) is 3.78. The number of piperazine rings is 1. The van der Waals surface area contributed by atoms with Gasteiger partial charge in [0.05, 0.1) is 4.90 Å². The highest BCUT2D eigenvalue weighted by molar-refractivity contribution is 7.90. The van der Waals surface area contributed by atoms with Gasteiger partial charge >= 0.3 is 5.56 Å². The molecular formula is C17H20ClN3O4S. The molecule has 3 rings (SSSR count). The fourth-order valence-electron chi connectivity index (χ4n) is 2.83. The molecule has 0 spiro atoms. The highest BCUT2D eigenvalue weighted by atomic mass is 35.5. The van der Waals surface area contributed by atoms with Crippen LogP contribution in [0, 0.1) is 0 Å². The number of aromatic nitrogens is 1. The van der Waals surface area contributed by atoms with E-state index in [1.54, 1.807) is 0 Å². The number of nitrogens with zero attached hydrogens (tertiary/aromatic N) is 3. The molecular weight excluding hydrogens is 378 g/mol. The van der Waals surface area contributed by atoms with Crippen molar-refractivity contribution in [1.82, 2.24) is 13.8 Å². The topological polar surface area (TPSA) is 82.8 Å². The summed E-state index contributed by atoms with van der Waals surface area (Å²) in [6.45, 7) is 3.85. The van der Waals surface area contributed by atoms with Crippen LogP contribution in [0.3, 0.4) is 0 Å². The van der Waals surface area contributed by atoms with E-state index in [2.05, 4.69) is 9.80 Å². The minimum atomic E-state index is -4.10. The summed E-state index contributed by atoms with van der Waals surface area (Å²) >= 11 is 5.78. The van der Waals surface area contributed by atoms with Crippen LogP contribution in [-0.2, 0) is 16.6 Å². The summed E-state index contributed by atoms with van der Waals surface area (Å²) in [5.41, 5.74) is -0.534. The Balaban J connectivity index is 1.90. The third-order valence-electron chi connectivity index (χ3n) is 4.48. The predicted octanol–water partition coefficient (Wildman–Crippen LogP) is 1.19. The molecule has 1 fully saturated rings. The van der Waals surface area contributed by atoms with Crippen molar-refractivity contribution in [1.29, 1.82) is 0 Å². The lowest BCUT2D eigenvalue weighted by molar-refractivity contribution is 0.147. The molecule has 0 bridgehead atoms. The van der Waals surface area contributed by atoms with E-state index in [0.29, 0.717) is 21.1 Å². The van der Waals surface area contributed by atoms with Crippen molar-refractivity contribution in [3.05, 3.63) is 57.5 Å². The molecule has 2 heterocycles.